The second kappa shape index (κ2) is 4.78. The molecule has 0 amide bonds. The van der Waals surface area contributed by atoms with E-state index in [0.717, 1.165) is 11.1 Å². The molecule has 1 unspecified atom stereocenters. The van der Waals surface area contributed by atoms with Crippen molar-refractivity contribution in [3.63, 3.8) is 0 Å². The van der Waals surface area contributed by atoms with Gasteiger partial charge < -0.3 is 5.11 Å². The third-order valence-corrected chi connectivity index (χ3v) is 3.69. The number of benzene rings is 1. The molecule has 1 aromatic carbocycles. The van der Waals surface area contributed by atoms with Gasteiger partial charge in [-0.2, -0.15) is 5.10 Å². The van der Waals surface area contributed by atoms with Crippen LogP contribution in [-0.4, -0.2) is 19.9 Å². The van der Waals surface area contributed by atoms with Crippen LogP contribution in [-0.2, 0) is 12.1 Å². The summed E-state index contributed by atoms with van der Waals surface area (Å²) in [5, 5.41) is 15.4. The van der Waals surface area contributed by atoms with Crippen molar-refractivity contribution in [1.82, 2.24) is 14.8 Å². The van der Waals surface area contributed by atoms with Crippen LogP contribution in [0.4, 0.5) is 0 Å². The zero-order chi connectivity index (χ0) is 14.1. The molecule has 0 aliphatic carbocycles. The molecular weight excluding hydrogens is 238 g/mol. The van der Waals surface area contributed by atoms with Gasteiger partial charge in [0.1, 0.15) is 18.3 Å². The maximum Gasteiger partial charge on any atom is 0.137 e. The zero-order valence-corrected chi connectivity index (χ0v) is 12.0. The number of hydrogen-bond acceptors (Lipinski definition) is 3. The molecule has 102 valence electrons. The summed E-state index contributed by atoms with van der Waals surface area (Å²) in [6, 6.07) is 7.95. The molecule has 0 spiro atoms. The van der Waals surface area contributed by atoms with E-state index in [1.54, 1.807) is 11.0 Å². The number of nitrogens with zero attached hydrogens (tertiary/aromatic N) is 3. The van der Waals surface area contributed by atoms with E-state index in [-0.39, 0.29) is 5.41 Å². The lowest BCUT2D eigenvalue weighted by molar-refractivity contribution is -0.0809. The third-order valence-electron chi connectivity index (χ3n) is 3.69. The normalized spacial score (nSPS) is 15.2. The lowest BCUT2D eigenvalue weighted by atomic mass is 9.71. The van der Waals surface area contributed by atoms with Crippen molar-refractivity contribution in [1.29, 1.82) is 0 Å². The standard InChI is InChI=1S/C15H21N3O/c1-12-7-5-6-8-13(12)15(19,14(2,3)4)9-18-11-16-10-17-18/h5-8,10-11,19H,9H2,1-4H3. The minimum absolute atomic E-state index is 0.314. The van der Waals surface area contributed by atoms with Crippen LogP contribution in [0.1, 0.15) is 31.9 Å². The van der Waals surface area contributed by atoms with Gasteiger partial charge >= 0.3 is 0 Å². The van der Waals surface area contributed by atoms with E-state index in [9.17, 15) is 5.11 Å². The molecule has 0 fully saturated rings. The Labute approximate surface area is 114 Å². The Morgan fingerprint density at radius 2 is 1.89 bits per heavy atom. The van der Waals surface area contributed by atoms with Crippen LogP contribution in [0.2, 0.25) is 0 Å². The van der Waals surface area contributed by atoms with Gasteiger partial charge in [-0.3, -0.25) is 0 Å². The number of aliphatic hydroxyl groups is 1. The third kappa shape index (κ3) is 2.54. The van der Waals surface area contributed by atoms with Crippen LogP contribution in [0.5, 0.6) is 0 Å². The predicted molar refractivity (Wildman–Crippen MR) is 74.6 cm³/mol. The lowest BCUT2D eigenvalue weighted by Crippen LogP contribution is -2.44. The van der Waals surface area contributed by atoms with E-state index in [1.807, 2.05) is 52.0 Å². The van der Waals surface area contributed by atoms with Gasteiger partial charge in [0.15, 0.2) is 0 Å². The minimum Gasteiger partial charge on any atom is -0.383 e. The second-order valence-corrected chi connectivity index (χ2v) is 6.02. The van der Waals surface area contributed by atoms with Crippen LogP contribution in [0.15, 0.2) is 36.9 Å². The van der Waals surface area contributed by atoms with Crippen molar-refractivity contribution in [3.8, 4) is 0 Å². The number of aromatic nitrogens is 3. The van der Waals surface area contributed by atoms with E-state index in [2.05, 4.69) is 10.1 Å². The van der Waals surface area contributed by atoms with E-state index in [0.29, 0.717) is 6.54 Å². The zero-order valence-electron chi connectivity index (χ0n) is 12.0. The highest BCUT2D eigenvalue weighted by atomic mass is 16.3. The lowest BCUT2D eigenvalue weighted by Gasteiger charge is -2.41. The number of aryl methyl sites for hydroxylation is 1. The maximum atomic E-state index is 11.3. The molecular formula is C15H21N3O. The molecule has 1 atom stereocenters. The van der Waals surface area contributed by atoms with Crippen LogP contribution in [0, 0.1) is 12.3 Å². The molecule has 1 N–H and O–H groups in total. The van der Waals surface area contributed by atoms with Gasteiger partial charge in [-0.25, -0.2) is 9.67 Å². The predicted octanol–water partition coefficient (Wildman–Crippen LogP) is 2.52. The number of rotatable bonds is 3. The Morgan fingerprint density at radius 3 is 2.42 bits per heavy atom. The average molecular weight is 259 g/mol. The van der Waals surface area contributed by atoms with Crippen molar-refractivity contribution in [3.05, 3.63) is 48.0 Å². The largest absolute Gasteiger partial charge is 0.383 e. The average Bonchev–Trinajstić information content (AvgIpc) is 2.80. The Balaban J connectivity index is 2.50. The van der Waals surface area contributed by atoms with Crippen LogP contribution in [0.3, 0.4) is 0 Å². The topological polar surface area (TPSA) is 50.9 Å². The van der Waals surface area contributed by atoms with Crippen molar-refractivity contribution in [2.75, 3.05) is 0 Å². The molecule has 0 aliphatic rings. The highest BCUT2D eigenvalue weighted by molar-refractivity contribution is 5.32. The number of hydrogen-bond donors (Lipinski definition) is 1. The molecule has 4 heteroatoms. The Hall–Kier alpha value is -1.68. The fourth-order valence-corrected chi connectivity index (χ4v) is 2.31. The molecule has 0 radical (unpaired) electrons. The quantitative estimate of drug-likeness (QED) is 0.921. The first-order valence-corrected chi connectivity index (χ1v) is 6.45. The van der Waals surface area contributed by atoms with Gasteiger partial charge in [0, 0.05) is 0 Å². The second-order valence-electron chi connectivity index (χ2n) is 6.02. The summed E-state index contributed by atoms with van der Waals surface area (Å²) in [6.45, 7) is 8.53. The molecule has 0 saturated heterocycles. The van der Waals surface area contributed by atoms with E-state index in [4.69, 9.17) is 0 Å². The van der Waals surface area contributed by atoms with Crippen LogP contribution < -0.4 is 0 Å². The fourth-order valence-electron chi connectivity index (χ4n) is 2.31. The summed E-state index contributed by atoms with van der Waals surface area (Å²) in [4.78, 5) is 3.95. The molecule has 19 heavy (non-hydrogen) atoms. The minimum atomic E-state index is -0.994. The van der Waals surface area contributed by atoms with Crippen LogP contribution in [0.25, 0.3) is 0 Å². The molecule has 0 bridgehead atoms. The molecule has 0 aliphatic heterocycles. The molecule has 1 aromatic heterocycles. The van der Waals surface area contributed by atoms with Crippen molar-refractivity contribution < 1.29 is 5.11 Å². The summed E-state index contributed by atoms with van der Waals surface area (Å²) in [7, 11) is 0. The van der Waals surface area contributed by atoms with Gasteiger partial charge in [0.25, 0.3) is 0 Å². The van der Waals surface area contributed by atoms with Crippen molar-refractivity contribution >= 4 is 0 Å². The molecule has 1 heterocycles. The highest BCUT2D eigenvalue weighted by Gasteiger charge is 2.43. The Bertz CT molecular complexity index is 543. The van der Waals surface area contributed by atoms with Gasteiger partial charge in [0.05, 0.1) is 6.54 Å². The summed E-state index contributed by atoms with van der Waals surface area (Å²) in [5.41, 5.74) is 0.718. The molecule has 4 nitrogen and oxygen atoms in total. The van der Waals surface area contributed by atoms with E-state index < -0.39 is 5.60 Å². The van der Waals surface area contributed by atoms with E-state index in [1.165, 1.54) is 6.33 Å². The smallest absolute Gasteiger partial charge is 0.137 e. The van der Waals surface area contributed by atoms with Crippen molar-refractivity contribution in [2.45, 2.75) is 39.8 Å². The first-order chi connectivity index (χ1) is 8.84. The van der Waals surface area contributed by atoms with E-state index >= 15 is 0 Å². The Kier molecular flexibility index (Phi) is 3.45. The summed E-state index contributed by atoms with van der Waals surface area (Å²) in [6.07, 6.45) is 3.12. The summed E-state index contributed by atoms with van der Waals surface area (Å²) in [5.74, 6) is 0. The molecule has 0 saturated carbocycles. The highest BCUT2D eigenvalue weighted by Crippen LogP contribution is 2.41. The maximum absolute atomic E-state index is 11.3. The van der Waals surface area contributed by atoms with Gasteiger partial charge in [0.2, 0.25) is 0 Å². The molecule has 2 rings (SSSR count). The Morgan fingerprint density at radius 1 is 1.21 bits per heavy atom. The van der Waals surface area contributed by atoms with Crippen molar-refractivity contribution in [2.24, 2.45) is 5.41 Å². The van der Waals surface area contributed by atoms with Gasteiger partial charge in [-0.15, -0.1) is 0 Å². The van der Waals surface area contributed by atoms with Crippen LogP contribution >= 0.6 is 0 Å². The monoisotopic (exact) mass is 259 g/mol. The summed E-state index contributed by atoms with van der Waals surface area (Å²) < 4.78 is 1.68. The first kappa shape index (κ1) is 13.7. The van der Waals surface area contributed by atoms with Gasteiger partial charge in [-0.05, 0) is 23.5 Å². The SMILES string of the molecule is Cc1ccccc1C(O)(Cn1cncn1)C(C)(C)C. The molecule has 2 aromatic rings. The first-order valence-electron chi connectivity index (χ1n) is 6.45. The van der Waals surface area contributed by atoms with Gasteiger partial charge in [-0.1, -0.05) is 45.0 Å². The fraction of sp³-hybridized carbons (Fsp3) is 0.467. The summed E-state index contributed by atoms with van der Waals surface area (Å²) >= 11 is 0.